The first-order valence-corrected chi connectivity index (χ1v) is 7.35. The zero-order chi connectivity index (χ0) is 12.1. The third-order valence-electron chi connectivity index (χ3n) is 4.75. The van der Waals surface area contributed by atoms with E-state index in [2.05, 4.69) is 16.8 Å². The fourth-order valence-electron chi connectivity index (χ4n) is 3.39. The summed E-state index contributed by atoms with van der Waals surface area (Å²) >= 11 is 0. The molecule has 0 spiro atoms. The van der Waals surface area contributed by atoms with E-state index >= 15 is 0 Å². The molecule has 100 valence electrons. The molecule has 1 saturated carbocycles. The summed E-state index contributed by atoms with van der Waals surface area (Å²) < 4.78 is 0. The van der Waals surface area contributed by atoms with Crippen LogP contribution in [0.2, 0.25) is 0 Å². The smallest absolute Gasteiger partial charge is 0.0110 e. The van der Waals surface area contributed by atoms with E-state index in [-0.39, 0.29) is 0 Å². The van der Waals surface area contributed by atoms with Crippen molar-refractivity contribution in [2.75, 3.05) is 46.3 Å². The SMILES string of the molecule is CN1CCN(CC2(CN)CCCCCC2)CC1. The maximum atomic E-state index is 6.12. The highest BCUT2D eigenvalue weighted by Crippen LogP contribution is 2.35. The zero-order valence-electron chi connectivity index (χ0n) is 11.5. The predicted octanol–water partition coefficient (Wildman–Crippen LogP) is 1.53. The van der Waals surface area contributed by atoms with Gasteiger partial charge in [0.05, 0.1) is 0 Å². The van der Waals surface area contributed by atoms with Crippen molar-refractivity contribution in [1.82, 2.24) is 9.80 Å². The Morgan fingerprint density at radius 3 is 2.06 bits per heavy atom. The monoisotopic (exact) mass is 239 g/mol. The lowest BCUT2D eigenvalue weighted by molar-refractivity contribution is 0.0892. The van der Waals surface area contributed by atoms with Gasteiger partial charge in [-0.25, -0.2) is 0 Å². The van der Waals surface area contributed by atoms with Crippen LogP contribution in [0.1, 0.15) is 38.5 Å². The Morgan fingerprint density at radius 2 is 1.53 bits per heavy atom. The largest absolute Gasteiger partial charge is 0.330 e. The van der Waals surface area contributed by atoms with Crippen molar-refractivity contribution in [3.63, 3.8) is 0 Å². The van der Waals surface area contributed by atoms with Crippen LogP contribution in [-0.4, -0.2) is 56.1 Å². The first-order chi connectivity index (χ1) is 8.24. The number of rotatable bonds is 3. The lowest BCUT2D eigenvalue weighted by Crippen LogP contribution is -2.50. The van der Waals surface area contributed by atoms with Crippen LogP contribution in [0.15, 0.2) is 0 Å². The number of hydrogen-bond acceptors (Lipinski definition) is 3. The second-order valence-corrected chi connectivity index (χ2v) is 6.20. The van der Waals surface area contributed by atoms with Crippen molar-refractivity contribution in [1.29, 1.82) is 0 Å². The fourth-order valence-corrected chi connectivity index (χ4v) is 3.39. The van der Waals surface area contributed by atoms with Gasteiger partial charge in [-0.2, -0.15) is 0 Å². The van der Waals surface area contributed by atoms with Crippen molar-refractivity contribution in [2.24, 2.45) is 11.1 Å². The van der Waals surface area contributed by atoms with Gasteiger partial charge in [-0.3, -0.25) is 0 Å². The summed E-state index contributed by atoms with van der Waals surface area (Å²) in [5.41, 5.74) is 6.55. The Bertz CT molecular complexity index is 214. The molecular formula is C14H29N3. The van der Waals surface area contributed by atoms with Crippen LogP contribution in [0.3, 0.4) is 0 Å². The molecule has 0 aromatic carbocycles. The van der Waals surface area contributed by atoms with Crippen LogP contribution in [0.4, 0.5) is 0 Å². The standard InChI is InChI=1S/C14H29N3/c1-16-8-10-17(11-9-16)13-14(12-15)6-4-2-3-5-7-14/h2-13,15H2,1H3. The third kappa shape index (κ3) is 3.67. The molecule has 3 heteroatoms. The van der Waals surface area contributed by atoms with E-state index in [1.165, 1.54) is 71.2 Å². The van der Waals surface area contributed by atoms with Crippen molar-refractivity contribution < 1.29 is 0 Å². The summed E-state index contributed by atoms with van der Waals surface area (Å²) in [7, 11) is 2.22. The Morgan fingerprint density at radius 1 is 0.941 bits per heavy atom. The number of nitrogens with zero attached hydrogens (tertiary/aromatic N) is 2. The second-order valence-electron chi connectivity index (χ2n) is 6.20. The van der Waals surface area contributed by atoms with Crippen LogP contribution in [-0.2, 0) is 0 Å². The molecule has 1 heterocycles. The molecule has 1 aliphatic carbocycles. The van der Waals surface area contributed by atoms with Gasteiger partial charge in [-0.1, -0.05) is 25.7 Å². The van der Waals surface area contributed by atoms with E-state index in [1.54, 1.807) is 0 Å². The van der Waals surface area contributed by atoms with Crippen molar-refractivity contribution in [3.05, 3.63) is 0 Å². The molecule has 17 heavy (non-hydrogen) atoms. The van der Waals surface area contributed by atoms with Crippen molar-refractivity contribution in [2.45, 2.75) is 38.5 Å². The predicted molar refractivity (Wildman–Crippen MR) is 73.1 cm³/mol. The Hall–Kier alpha value is -0.120. The van der Waals surface area contributed by atoms with E-state index in [4.69, 9.17) is 5.73 Å². The molecule has 3 nitrogen and oxygen atoms in total. The van der Waals surface area contributed by atoms with E-state index in [1.807, 2.05) is 0 Å². The minimum atomic E-state index is 0.437. The van der Waals surface area contributed by atoms with Gasteiger partial charge in [-0.15, -0.1) is 0 Å². The molecule has 1 saturated heterocycles. The van der Waals surface area contributed by atoms with E-state index in [0.29, 0.717) is 5.41 Å². The lowest BCUT2D eigenvalue weighted by Gasteiger charge is -2.40. The van der Waals surface area contributed by atoms with Gasteiger partial charge in [-0.05, 0) is 31.8 Å². The molecule has 0 atom stereocenters. The first kappa shape index (κ1) is 13.3. The minimum absolute atomic E-state index is 0.437. The number of nitrogens with two attached hydrogens (primary N) is 1. The highest BCUT2D eigenvalue weighted by Gasteiger charge is 2.32. The molecular weight excluding hydrogens is 210 g/mol. The maximum absolute atomic E-state index is 6.12. The zero-order valence-corrected chi connectivity index (χ0v) is 11.5. The summed E-state index contributed by atoms with van der Waals surface area (Å²) in [5, 5.41) is 0. The number of piperazine rings is 1. The van der Waals surface area contributed by atoms with Crippen LogP contribution in [0.5, 0.6) is 0 Å². The molecule has 0 bridgehead atoms. The van der Waals surface area contributed by atoms with Crippen LogP contribution in [0, 0.1) is 5.41 Å². The Balaban J connectivity index is 1.89. The van der Waals surface area contributed by atoms with Gasteiger partial charge < -0.3 is 15.5 Å². The van der Waals surface area contributed by atoms with Gasteiger partial charge in [0, 0.05) is 32.7 Å². The van der Waals surface area contributed by atoms with Crippen LogP contribution < -0.4 is 5.73 Å². The molecule has 0 amide bonds. The van der Waals surface area contributed by atoms with Crippen LogP contribution >= 0.6 is 0 Å². The molecule has 2 rings (SSSR count). The molecule has 1 aliphatic heterocycles. The lowest BCUT2D eigenvalue weighted by atomic mass is 9.79. The molecule has 2 fully saturated rings. The summed E-state index contributed by atoms with van der Waals surface area (Å²) in [6.07, 6.45) is 8.34. The average molecular weight is 239 g/mol. The molecule has 0 aromatic heterocycles. The highest BCUT2D eigenvalue weighted by molar-refractivity contribution is 4.87. The van der Waals surface area contributed by atoms with Gasteiger partial charge >= 0.3 is 0 Å². The molecule has 0 radical (unpaired) electrons. The van der Waals surface area contributed by atoms with E-state index in [9.17, 15) is 0 Å². The van der Waals surface area contributed by atoms with Crippen molar-refractivity contribution >= 4 is 0 Å². The molecule has 0 unspecified atom stereocenters. The molecule has 2 aliphatic rings. The Kier molecular flexibility index (Phi) is 4.83. The average Bonchev–Trinajstić information content (AvgIpc) is 2.58. The van der Waals surface area contributed by atoms with Gasteiger partial charge in [0.15, 0.2) is 0 Å². The summed E-state index contributed by atoms with van der Waals surface area (Å²) in [4.78, 5) is 5.08. The second kappa shape index (κ2) is 6.17. The summed E-state index contributed by atoms with van der Waals surface area (Å²) in [6, 6.07) is 0. The quantitative estimate of drug-likeness (QED) is 0.758. The van der Waals surface area contributed by atoms with Crippen LogP contribution in [0.25, 0.3) is 0 Å². The Labute approximate surface area is 106 Å². The minimum Gasteiger partial charge on any atom is -0.330 e. The van der Waals surface area contributed by atoms with Gasteiger partial charge in [0.25, 0.3) is 0 Å². The normalized spacial score (nSPS) is 27.9. The molecule has 2 N–H and O–H groups in total. The van der Waals surface area contributed by atoms with E-state index < -0.39 is 0 Å². The summed E-state index contributed by atoms with van der Waals surface area (Å²) in [5.74, 6) is 0. The third-order valence-corrected chi connectivity index (χ3v) is 4.75. The fraction of sp³-hybridized carbons (Fsp3) is 1.00. The summed E-state index contributed by atoms with van der Waals surface area (Å²) in [6.45, 7) is 7.05. The van der Waals surface area contributed by atoms with Crippen molar-refractivity contribution in [3.8, 4) is 0 Å². The molecule has 0 aromatic rings. The number of hydrogen-bond donors (Lipinski definition) is 1. The van der Waals surface area contributed by atoms with E-state index in [0.717, 1.165) is 6.54 Å². The topological polar surface area (TPSA) is 32.5 Å². The van der Waals surface area contributed by atoms with Gasteiger partial charge in [0.1, 0.15) is 0 Å². The highest BCUT2D eigenvalue weighted by atomic mass is 15.2. The van der Waals surface area contributed by atoms with Gasteiger partial charge in [0.2, 0.25) is 0 Å². The first-order valence-electron chi connectivity index (χ1n) is 7.35. The number of likely N-dealkylation sites (N-methyl/N-ethyl adjacent to an activating group) is 1. The maximum Gasteiger partial charge on any atom is 0.0110 e.